The average Bonchev–Trinajstić information content (AvgIpc) is 0.676. The van der Waals surface area contributed by atoms with Gasteiger partial charge in [-0.15, -0.1) is 0 Å². The van der Waals surface area contributed by atoms with Gasteiger partial charge in [-0.3, -0.25) is 4.79 Å². The predicted octanol–water partition coefficient (Wildman–Crippen LogP) is -4.08. The quantitative estimate of drug-likeness (QED) is 0.0421. The topological polar surface area (TPSA) is 472 Å². The molecule has 0 aromatic heterocycles. The summed E-state index contributed by atoms with van der Waals surface area (Å²) in [5.74, 6) is -1.01. The van der Waals surface area contributed by atoms with Crippen LogP contribution >= 0.6 is 0 Å². The van der Waals surface area contributed by atoms with Gasteiger partial charge in [0.25, 0.3) is 0 Å². The minimum Gasteiger partial charge on any atom is -0.432 e. The van der Waals surface area contributed by atoms with Crippen LogP contribution in [0.15, 0.2) is 11.6 Å². The maximum Gasteiger partial charge on any atom is 0.315 e. The molecule has 6 heterocycles. The summed E-state index contributed by atoms with van der Waals surface area (Å²) in [6.45, 7) is 13.7. The molecule has 0 aromatic carbocycles. The van der Waals surface area contributed by atoms with E-state index in [1.807, 2.05) is 6.92 Å². The minimum absolute atomic E-state index is 0.0747. The van der Waals surface area contributed by atoms with Crippen molar-refractivity contribution in [1.82, 2.24) is 0 Å². The van der Waals surface area contributed by atoms with Gasteiger partial charge in [0.1, 0.15) is 122 Å². The molecule has 11 aliphatic rings. The van der Waals surface area contributed by atoms with Crippen LogP contribution in [0.4, 0.5) is 0 Å². The van der Waals surface area contributed by atoms with Gasteiger partial charge < -0.3 is 144 Å². The van der Waals surface area contributed by atoms with Crippen LogP contribution in [0.5, 0.6) is 0 Å². The lowest BCUT2D eigenvalue weighted by Gasteiger charge is -2.71. The number of ether oxygens (including phenoxy) is 12. The van der Waals surface area contributed by atoms with E-state index in [4.69, 9.17) is 56.8 Å². The Morgan fingerprint density at radius 1 is 0.511 bits per heavy atom. The summed E-state index contributed by atoms with van der Waals surface area (Å²) >= 11 is 0. The molecule has 30 heteroatoms. The van der Waals surface area contributed by atoms with Crippen molar-refractivity contribution in [3.05, 3.63) is 11.6 Å². The number of hydrogen-bond donors (Lipinski definition) is 17. The van der Waals surface area contributed by atoms with Crippen LogP contribution in [0.2, 0.25) is 0 Å². The zero-order chi connectivity index (χ0) is 68.4. The molecule has 4 saturated carbocycles. The highest BCUT2D eigenvalue weighted by Crippen LogP contribution is 2.76. The van der Waals surface area contributed by atoms with E-state index in [9.17, 15) is 86.8 Å². The molecule has 10 fully saturated rings. The van der Waals surface area contributed by atoms with Crippen LogP contribution in [-0.2, 0) is 61.6 Å². The normalized spacial score (nSPS) is 55.3. The van der Waals surface area contributed by atoms with Crippen molar-refractivity contribution in [3.63, 3.8) is 0 Å². The van der Waals surface area contributed by atoms with Gasteiger partial charge in [0.2, 0.25) is 6.29 Å². The summed E-state index contributed by atoms with van der Waals surface area (Å²) in [7, 11) is 0. The van der Waals surface area contributed by atoms with Crippen molar-refractivity contribution >= 4 is 5.97 Å². The van der Waals surface area contributed by atoms with Gasteiger partial charge in [0.05, 0.1) is 56.8 Å². The number of rotatable bonds is 15. The lowest BCUT2D eigenvalue weighted by atomic mass is 9.33. The third kappa shape index (κ3) is 12.5. The van der Waals surface area contributed by atoms with E-state index in [0.29, 0.717) is 57.8 Å². The van der Waals surface area contributed by atoms with E-state index in [0.717, 1.165) is 12.0 Å². The third-order valence-electron chi connectivity index (χ3n) is 24.9. The summed E-state index contributed by atoms with van der Waals surface area (Å²) in [5, 5.41) is 185. The van der Waals surface area contributed by atoms with Crippen LogP contribution in [-0.4, -0.2) is 304 Å². The number of hydrogen-bond acceptors (Lipinski definition) is 30. The number of allylic oxidation sites excluding steroid dienone is 2. The second-order valence-electron chi connectivity index (χ2n) is 30.8. The largest absolute Gasteiger partial charge is 0.432 e. The second kappa shape index (κ2) is 27.5. The maximum atomic E-state index is 15.3. The molecular weight excluding hydrogens is 1250 g/mol. The molecule has 0 aromatic rings. The fraction of sp³-hybridized carbons (Fsp3) is 0.953. The Kier molecular flexibility index (Phi) is 21.4. The molecule has 94 heavy (non-hydrogen) atoms. The van der Waals surface area contributed by atoms with Crippen molar-refractivity contribution in [3.8, 4) is 0 Å². The lowest BCUT2D eigenvalue weighted by molar-refractivity contribution is -0.379. The number of carbonyl (C=O) groups is 1. The van der Waals surface area contributed by atoms with Gasteiger partial charge in [0, 0.05) is 5.41 Å². The first-order valence-electron chi connectivity index (χ1n) is 33.5. The van der Waals surface area contributed by atoms with Gasteiger partial charge in [-0.1, -0.05) is 53.2 Å². The van der Waals surface area contributed by atoms with Crippen molar-refractivity contribution in [2.45, 2.75) is 298 Å². The van der Waals surface area contributed by atoms with E-state index in [1.165, 1.54) is 13.8 Å². The van der Waals surface area contributed by atoms with E-state index in [1.54, 1.807) is 0 Å². The summed E-state index contributed by atoms with van der Waals surface area (Å²) in [5.41, 5.74) is -2.22. The van der Waals surface area contributed by atoms with Gasteiger partial charge in [-0.2, -0.15) is 0 Å². The van der Waals surface area contributed by atoms with E-state index in [-0.39, 0.29) is 47.2 Å². The van der Waals surface area contributed by atoms with Crippen LogP contribution in [0.3, 0.4) is 0 Å². The van der Waals surface area contributed by atoms with Gasteiger partial charge in [0.15, 0.2) is 31.5 Å². The summed E-state index contributed by atoms with van der Waals surface area (Å²) in [6.07, 6.45) is -37.4. The molecule has 0 radical (unpaired) electrons. The zero-order valence-electron chi connectivity index (χ0n) is 54.6. The number of aliphatic hydroxyl groups excluding tert-OH is 17. The molecule has 0 bridgehead atoms. The average molecular weight is 1350 g/mol. The molecule has 3 unspecified atom stereocenters. The van der Waals surface area contributed by atoms with Crippen molar-refractivity contribution in [1.29, 1.82) is 0 Å². The van der Waals surface area contributed by atoms with E-state index >= 15 is 4.79 Å². The van der Waals surface area contributed by atoms with Gasteiger partial charge >= 0.3 is 5.97 Å². The highest BCUT2D eigenvalue weighted by Gasteiger charge is 2.71. The Labute approximate surface area is 545 Å². The Bertz CT molecular complexity index is 2640. The predicted molar refractivity (Wildman–Crippen MR) is 315 cm³/mol. The van der Waals surface area contributed by atoms with Crippen LogP contribution in [0, 0.1) is 50.2 Å². The molecular formula is C64H104O30. The SMILES string of the molecule is C[C@@H]1O[C@@H](O[C@H]2[C@H](O)[C@@H](O)[C@H](OC[C@H]3O[C@@H](OC(=O)[C@]45CCC(C)(C)CC4C4=CCC6[C@@]7(C)CC[C@H](O[C@@H]8OC[C@@H](O)[C@H](O)[C@H]8O[C@@H]8O[C@@H](C)[C@H](O)[C@@H](O[C@@H]9OC[C@@H](O)[C@H](O)[C@H]9O)[C@H]8O)[C@@](C)(CO)C7CC[C@@]6(C)[C@]4(C)CC5)[C@H](O)[C@@H](O)[C@@H]3O)O[C@@H]2CO)[C@H](O)[C@H](O)[C@H]1O. The first kappa shape index (κ1) is 73.3. The number of esters is 1. The molecule has 540 valence electrons. The minimum atomic E-state index is -1.92. The molecule has 37 atom stereocenters. The van der Waals surface area contributed by atoms with Crippen LogP contribution in [0.25, 0.3) is 0 Å². The first-order chi connectivity index (χ1) is 44.1. The van der Waals surface area contributed by atoms with Crippen molar-refractivity contribution in [2.75, 3.05) is 33.0 Å². The summed E-state index contributed by atoms with van der Waals surface area (Å²) in [6, 6.07) is 0. The lowest BCUT2D eigenvalue weighted by Crippen LogP contribution is -2.67. The molecule has 0 spiro atoms. The highest BCUT2D eigenvalue weighted by atomic mass is 16.8. The fourth-order valence-electron chi connectivity index (χ4n) is 18.7. The summed E-state index contributed by atoms with van der Waals surface area (Å²) in [4.78, 5) is 15.3. The highest BCUT2D eigenvalue weighted by molar-refractivity contribution is 5.79. The Morgan fingerprint density at radius 3 is 1.77 bits per heavy atom. The molecule has 17 N–H and O–H groups in total. The van der Waals surface area contributed by atoms with Gasteiger partial charge in [-0.05, 0) is 117 Å². The van der Waals surface area contributed by atoms with Crippen LogP contribution in [0.1, 0.15) is 120 Å². The van der Waals surface area contributed by atoms with Crippen molar-refractivity contribution < 1.29 is 148 Å². The molecule has 5 aliphatic carbocycles. The molecule has 0 amide bonds. The van der Waals surface area contributed by atoms with E-state index < -0.39 is 220 Å². The maximum absolute atomic E-state index is 15.3. The second-order valence-corrected chi connectivity index (χ2v) is 30.8. The third-order valence-corrected chi connectivity index (χ3v) is 24.9. The molecule has 6 saturated heterocycles. The Balaban J connectivity index is 0.771. The zero-order valence-corrected chi connectivity index (χ0v) is 54.6. The first-order valence-corrected chi connectivity index (χ1v) is 33.5. The van der Waals surface area contributed by atoms with E-state index in [2.05, 4.69) is 40.7 Å². The smallest absolute Gasteiger partial charge is 0.315 e. The van der Waals surface area contributed by atoms with Crippen molar-refractivity contribution in [2.24, 2.45) is 50.2 Å². The standard InChI is InChI=1S/C64H104O30/c1-25-36(69)41(74)45(78)54(86-25)91-49-31(20-65)88-52(47(80)43(49)76)85-23-32-40(73)42(75)46(79)55(89-32)94-58(82)64-17-15-59(3,4)19-28(64)27-9-10-34-60(5)13-12-35(61(6,24-66)33(60)11-14-63(34,8)62(27,7)16-18-64)90-57-51(39(72)30(68)22-84-57)93-56-48(81)50(37(70)26(2)87-56)92-53-44(77)38(71)29(67)21-83-53/h9,25-26,28-57,65-81H,10-24H2,1-8H3/t25-,26-,28?,29+,30+,31+,32+,33?,34?,35-,36-,37-,38-,39-,40+,41+,42-,43+,44+,45+,46+,47+,48+,49+,50+,51+,52+,53-,54-,55-,56-,57-,60-,61-,62+,63+,64-/m0/s1. The van der Waals surface area contributed by atoms with Crippen LogP contribution < -0.4 is 0 Å². The number of aliphatic hydroxyl groups is 17. The molecule has 11 rings (SSSR count). The van der Waals surface area contributed by atoms with Gasteiger partial charge in [-0.25, -0.2) is 0 Å². The summed E-state index contributed by atoms with van der Waals surface area (Å²) < 4.78 is 71.3. The Morgan fingerprint density at radius 2 is 1.09 bits per heavy atom. The fourth-order valence-corrected chi connectivity index (χ4v) is 18.7. The number of fused-ring (bicyclic) bond motifs is 7. The number of carbonyl (C=O) groups excluding carboxylic acids is 1. The molecule has 30 nitrogen and oxygen atoms in total. The molecule has 6 aliphatic heterocycles. The monoisotopic (exact) mass is 1350 g/mol. The Hall–Kier alpha value is -1.91.